The third kappa shape index (κ3) is 4.91. The summed E-state index contributed by atoms with van der Waals surface area (Å²) in [5, 5.41) is 2.82. The Labute approximate surface area is 213 Å². The van der Waals surface area contributed by atoms with E-state index in [0.717, 1.165) is 4.57 Å². The van der Waals surface area contributed by atoms with Crippen molar-refractivity contribution in [2.45, 2.75) is 25.3 Å². The standard InChI is InChI=1S/C23H31N7O6S/c1-5-28(6-2)18-8-7-16(37(34,35)30-9-11-36-12-10-30)13-17(18)25-19(31)14-29-15-24-21-20(29)22(32)27(4)23(33)26(21)3/h7-8,13,15H,5-6,9-12,14H2,1-4H3,(H,25,31). The van der Waals surface area contributed by atoms with Gasteiger partial charge in [-0.2, -0.15) is 4.31 Å². The minimum atomic E-state index is -3.78. The van der Waals surface area contributed by atoms with E-state index in [0.29, 0.717) is 37.7 Å². The average Bonchev–Trinajstić information content (AvgIpc) is 3.31. The molecule has 0 saturated carbocycles. The molecule has 0 aliphatic carbocycles. The van der Waals surface area contributed by atoms with Crippen LogP contribution in [0.4, 0.5) is 11.4 Å². The first kappa shape index (κ1) is 26.6. The topological polar surface area (TPSA) is 141 Å². The van der Waals surface area contributed by atoms with Gasteiger partial charge in [-0.1, -0.05) is 0 Å². The lowest BCUT2D eigenvalue weighted by molar-refractivity contribution is -0.116. The fourth-order valence-electron chi connectivity index (χ4n) is 4.41. The maximum atomic E-state index is 13.2. The molecule has 200 valence electrons. The van der Waals surface area contributed by atoms with Gasteiger partial charge >= 0.3 is 5.69 Å². The third-order valence-corrected chi connectivity index (χ3v) is 8.38. The molecule has 37 heavy (non-hydrogen) atoms. The Kier molecular flexibility index (Phi) is 7.52. The van der Waals surface area contributed by atoms with Gasteiger partial charge in [0.1, 0.15) is 6.54 Å². The lowest BCUT2D eigenvalue weighted by Gasteiger charge is -2.28. The van der Waals surface area contributed by atoms with Crippen LogP contribution in [0.15, 0.2) is 39.0 Å². The molecular weight excluding hydrogens is 502 g/mol. The quantitative estimate of drug-likeness (QED) is 0.425. The van der Waals surface area contributed by atoms with Gasteiger partial charge in [0.2, 0.25) is 15.9 Å². The van der Waals surface area contributed by atoms with Gasteiger partial charge in [0, 0.05) is 40.3 Å². The van der Waals surface area contributed by atoms with Crippen LogP contribution in [-0.2, 0) is 40.2 Å². The number of hydrogen-bond donors (Lipinski definition) is 1. The van der Waals surface area contributed by atoms with Gasteiger partial charge in [0.25, 0.3) is 5.56 Å². The minimum Gasteiger partial charge on any atom is -0.379 e. The van der Waals surface area contributed by atoms with Crippen LogP contribution in [-0.4, -0.2) is 76.7 Å². The van der Waals surface area contributed by atoms with Crippen LogP contribution in [0.2, 0.25) is 0 Å². The summed E-state index contributed by atoms with van der Waals surface area (Å²) in [6.45, 7) is 6.11. The summed E-state index contributed by atoms with van der Waals surface area (Å²) in [4.78, 5) is 44.3. The van der Waals surface area contributed by atoms with E-state index in [1.54, 1.807) is 12.1 Å². The second-order valence-electron chi connectivity index (χ2n) is 8.67. The molecule has 1 aliphatic heterocycles. The molecule has 0 spiro atoms. The number of imidazole rings is 1. The monoisotopic (exact) mass is 533 g/mol. The molecule has 14 heteroatoms. The number of aromatic nitrogens is 4. The highest BCUT2D eigenvalue weighted by Gasteiger charge is 2.28. The van der Waals surface area contributed by atoms with E-state index in [2.05, 4.69) is 10.3 Å². The van der Waals surface area contributed by atoms with E-state index >= 15 is 0 Å². The number of nitrogens with one attached hydrogen (secondary N) is 1. The lowest BCUT2D eigenvalue weighted by Crippen LogP contribution is -2.40. The predicted molar refractivity (Wildman–Crippen MR) is 138 cm³/mol. The summed E-state index contributed by atoms with van der Waals surface area (Å²) in [5.74, 6) is -0.482. The largest absolute Gasteiger partial charge is 0.379 e. The van der Waals surface area contributed by atoms with Crippen LogP contribution < -0.4 is 21.5 Å². The number of hydrogen-bond acceptors (Lipinski definition) is 8. The number of aryl methyl sites for hydroxylation is 1. The highest BCUT2D eigenvalue weighted by atomic mass is 32.2. The van der Waals surface area contributed by atoms with E-state index in [1.165, 1.54) is 39.9 Å². The van der Waals surface area contributed by atoms with E-state index < -0.39 is 27.2 Å². The van der Waals surface area contributed by atoms with Gasteiger partial charge < -0.3 is 19.5 Å². The van der Waals surface area contributed by atoms with Crippen molar-refractivity contribution in [3.63, 3.8) is 0 Å². The highest BCUT2D eigenvalue weighted by molar-refractivity contribution is 7.89. The highest BCUT2D eigenvalue weighted by Crippen LogP contribution is 2.30. The Morgan fingerprint density at radius 1 is 1.11 bits per heavy atom. The third-order valence-electron chi connectivity index (χ3n) is 6.49. The number of anilines is 2. The number of morpholine rings is 1. The van der Waals surface area contributed by atoms with Gasteiger partial charge in [-0.3, -0.25) is 18.7 Å². The molecule has 0 radical (unpaired) electrons. The zero-order valence-electron chi connectivity index (χ0n) is 21.3. The molecule has 1 N–H and O–H groups in total. The molecule has 3 aromatic rings. The van der Waals surface area contributed by atoms with E-state index in [9.17, 15) is 22.8 Å². The number of rotatable bonds is 8. The summed E-state index contributed by atoms with van der Waals surface area (Å²) in [6, 6.07) is 4.70. The maximum absolute atomic E-state index is 13.2. The number of ether oxygens (including phenoxy) is 1. The summed E-state index contributed by atoms with van der Waals surface area (Å²) in [5.41, 5.74) is 0.219. The average molecular weight is 534 g/mol. The molecule has 3 heterocycles. The van der Waals surface area contributed by atoms with Crippen molar-refractivity contribution < 1.29 is 17.9 Å². The molecule has 0 unspecified atom stereocenters. The summed E-state index contributed by atoms with van der Waals surface area (Å²) < 4.78 is 36.7. The van der Waals surface area contributed by atoms with E-state index in [1.807, 2.05) is 18.7 Å². The van der Waals surface area contributed by atoms with E-state index in [4.69, 9.17) is 4.74 Å². The smallest absolute Gasteiger partial charge is 0.332 e. The van der Waals surface area contributed by atoms with Crippen molar-refractivity contribution in [2.75, 3.05) is 49.6 Å². The van der Waals surface area contributed by atoms with Gasteiger partial charge in [0.05, 0.1) is 35.8 Å². The first-order valence-electron chi connectivity index (χ1n) is 12.0. The van der Waals surface area contributed by atoms with Crippen molar-refractivity contribution in [1.29, 1.82) is 0 Å². The van der Waals surface area contributed by atoms with Gasteiger partial charge in [-0.25, -0.2) is 18.2 Å². The van der Waals surface area contributed by atoms with E-state index in [-0.39, 0.29) is 35.7 Å². The van der Waals surface area contributed by atoms with Crippen LogP contribution in [0.5, 0.6) is 0 Å². The van der Waals surface area contributed by atoms with Crippen LogP contribution in [0, 0.1) is 0 Å². The molecule has 1 fully saturated rings. The van der Waals surface area contributed by atoms with Crippen LogP contribution in [0.25, 0.3) is 11.2 Å². The number of carbonyl (C=O) groups excluding carboxylic acids is 1. The molecule has 2 aromatic heterocycles. The molecule has 1 aliphatic rings. The maximum Gasteiger partial charge on any atom is 0.332 e. The lowest BCUT2D eigenvalue weighted by atomic mass is 10.2. The molecular formula is C23H31N7O6S. The Balaban J connectivity index is 1.69. The fourth-order valence-corrected chi connectivity index (χ4v) is 5.85. The summed E-state index contributed by atoms with van der Waals surface area (Å²) in [6.07, 6.45) is 1.33. The van der Waals surface area contributed by atoms with Crippen molar-refractivity contribution in [1.82, 2.24) is 23.0 Å². The van der Waals surface area contributed by atoms with Gasteiger partial charge in [-0.05, 0) is 32.0 Å². The van der Waals surface area contributed by atoms with Gasteiger partial charge in [0.15, 0.2) is 11.2 Å². The Morgan fingerprint density at radius 2 is 1.78 bits per heavy atom. The number of fused-ring (bicyclic) bond motifs is 1. The second-order valence-corrected chi connectivity index (χ2v) is 10.6. The SMILES string of the molecule is CCN(CC)c1ccc(S(=O)(=O)N2CCOCC2)cc1NC(=O)Cn1cnc2c1c(=O)n(C)c(=O)n2C. The Hall–Kier alpha value is -3.49. The summed E-state index contributed by atoms with van der Waals surface area (Å²) in [7, 11) is -0.925. The molecule has 1 saturated heterocycles. The van der Waals surface area contributed by atoms with Crippen LogP contribution in [0.1, 0.15) is 13.8 Å². The molecule has 0 atom stereocenters. The number of sulfonamides is 1. The molecule has 4 rings (SSSR count). The Bertz CT molecular complexity index is 1550. The zero-order valence-corrected chi connectivity index (χ0v) is 22.1. The van der Waals surface area contributed by atoms with Crippen LogP contribution in [0.3, 0.4) is 0 Å². The van der Waals surface area contributed by atoms with Crippen LogP contribution >= 0.6 is 0 Å². The molecule has 0 bridgehead atoms. The Morgan fingerprint density at radius 3 is 2.43 bits per heavy atom. The van der Waals surface area contributed by atoms with Crippen molar-refractivity contribution in [2.24, 2.45) is 14.1 Å². The molecule has 1 amide bonds. The van der Waals surface area contributed by atoms with Gasteiger partial charge in [-0.15, -0.1) is 0 Å². The van der Waals surface area contributed by atoms with Crippen molar-refractivity contribution in [3.05, 3.63) is 45.4 Å². The minimum absolute atomic E-state index is 0.0672. The fraction of sp³-hybridized carbons (Fsp3) is 0.478. The zero-order chi connectivity index (χ0) is 26.9. The number of nitrogens with zero attached hydrogens (tertiary/aromatic N) is 6. The summed E-state index contributed by atoms with van der Waals surface area (Å²) >= 11 is 0. The first-order valence-corrected chi connectivity index (χ1v) is 13.4. The number of amides is 1. The second kappa shape index (κ2) is 10.5. The first-order chi connectivity index (χ1) is 17.6. The molecule has 13 nitrogen and oxygen atoms in total. The molecule has 1 aromatic carbocycles. The normalized spacial score (nSPS) is 14.7. The number of benzene rings is 1. The number of carbonyl (C=O) groups is 1. The van der Waals surface area contributed by atoms with Crippen molar-refractivity contribution >= 4 is 38.5 Å². The predicted octanol–water partition coefficient (Wildman–Crippen LogP) is -0.0605. The van der Waals surface area contributed by atoms with Crippen molar-refractivity contribution in [3.8, 4) is 0 Å².